The number of hydrogen-bond donors (Lipinski definition) is 0. The van der Waals surface area contributed by atoms with Gasteiger partial charge in [0, 0.05) is 32.9 Å². The molecule has 0 N–H and O–H groups in total. The third-order valence-electron chi connectivity index (χ3n) is 4.28. The van der Waals surface area contributed by atoms with E-state index in [0.29, 0.717) is 45.8 Å². The Balaban J connectivity index is 1.70. The molecule has 1 aromatic rings. The van der Waals surface area contributed by atoms with Crippen LogP contribution in [0.2, 0.25) is 0 Å². The number of carbonyl (C=O) groups excluding carboxylic acids is 2. The fourth-order valence-electron chi connectivity index (χ4n) is 3.09. The minimum atomic E-state index is -0.134. The number of methoxy groups -OCH3 is 1. The van der Waals surface area contributed by atoms with Crippen LogP contribution in [0.3, 0.4) is 0 Å². The summed E-state index contributed by atoms with van der Waals surface area (Å²) in [4.78, 5) is 28.2. The van der Waals surface area contributed by atoms with E-state index in [2.05, 4.69) is 5.10 Å². The number of morpholine rings is 1. The first-order valence-electron chi connectivity index (χ1n) is 7.83. The van der Waals surface area contributed by atoms with E-state index in [-0.39, 0.29) is 24.5 Å². The first-order valence-corrected chi connectivity index (χ1v) is 7.83. The summed E-state index contributed by atoms with van der Waals surface area (Å²) in [5.74, 6) is 0.0181. The summed E-state index contributed by atoms with van der Waals surface area (Å²) in [5.41, 5.74) is 0.945. The summed E-state index contributed by atoms with van der Waals surface area (Å²) in [6, 6.07) is 1.75. The first-order chi connectivity index (χ1) is 11.2. The quantitative estimate of drug-likeness (QED) is 0.758. The summed E-state index contributed by atoms with van der Waals surface area (Å²) in [6.45, 7) is 3.47. The number of rotatable bonds is 4. The van der Waals surface area contributed by atoms with Gasteiger partial charge in [-0.1, -0.05) is 0 Å². The molecule has 0 radical (unpaired) electrons. The Kier molecular flexibility index (Phi) is 4.92. The summed E-state index contributed by atoms with van der Waals surface area (Å²) < 4.78 is 12.1. The fourth-order valence-corrected chi connectivity index (χ4v) is 3.09. The van der Waals surface area contributed by atoms with E-state index < -0.39 is 0 Å². The molecule has 8 heteroatoms. The molecule has 0 bridgehead atoms. The van der Waals surface area contributed by atoms with E-state index in [0.717, 1.165) is 5.69 Å². The zero-order valence-electron chi connectivity index (χ0n) is 13.3. The lowest BCUT2D eigenvalue weighted by Gasteiger charge is -2.35. The largest absolute Gasteiger partial charge is 0.378 e. The van der Waals surface area contributed by atoms with Crippen LogP contribution < -0.4 is 0 Å². The van der Waals surface area contributed by atoms with Crippen LogP contribution in [0.25, 0.3) is 0 Å². The van der Waals surface area contributed by atoms with Crippen LogP contribution in [0.4, 0.5) is 0 Å². The lowest BCUT2D eigenvalue weighted by atomic mass is 10.1. The number of carbonyl (C=O) groups is 2. The van der Waals surface area contributed by atoms with Crippen LogP contribution in [0.15, 0.2) is 12.3 Å². The van der Waals surface area contributed by atoms with Crippen LogP contribution in [0.5, 0.6) is 0 Å². The average Bonchev–Trinajstić information content (AvgIpc) is 3.04. The first kappa shape index (κ1) is 15.9. The Morgan fingerprint density at radius 3 is 2.83 bits per heavy atom. The lowest BCUT2D eigenvalue weighted by molar-refractivity contribution is -0.140. The van der Waals surface area contributed by atoms with Crippen molar-refractivity contribution in [3.8, 4) is 0 Å². The van der Waals surface area contributed by atoms with Crippen molar-refractivity contribution < 1.29 is 19.1 Å². The number of aromatic nitrogens is 2. The SMILES string of the molecule is COCC(=O)N1Cc2ccnn2[C@@H](CC(=O)N2CCOCC2)C1. The Labute approximate surface area is 134 Å². The lowest BCUT2D eigenvalue weighted by Crippen LogP contribution is -2.46. The molecule has 2 aliphatic rings. The molecular formula is C15H22N4O4. The van der Waals surface area contributed by atoms with Gasteiger partial charge in [0.15, 0.2) is 0 Å². The zero-order chi connectivity index (χ0) is 16.2. The maximum absolute atomic E-state index is 12.5. The molecule has 1 aromatic heterocycles. The van der Waals surface area contributed by atoms with Crippen molar-refractivity contribution in [2.45, 2.75) is 19.0 Å². The Morgan fingerprint density at radius 2 is 2.09 bits per heavy atom. The summed E-state index contributed by atoms with van der Waals surface area (Å²) >= 11 is 0. The van der Waals surface area contributed by atoms with Gasteiger partial charge in [0.2, 0.25) is 11.8 Å². The Hall–Kier alpha value is -1.93. The number of hydrogen-bond acceptors (Lipinski definition) is 5. The van der Waals surface area contributed by atoms with Crippen LogP contribution in [-0.4, -0.2) is 78.0 Å². The molecule has 1 atom stereocenters. The molecule has 0 saturated carbocycles. The van der Waals surface area contributed by atoms with E-state index in [9.17, 15) is 9.59 Å². The van der Waals surface area contributed by atoms with Gasteiger partial charge < -0.3 is 19.3 Å². The van der Waals surface area contributed by atoms with Gasteiger partial charge in [-0.15, -0.1) is 0 Å². The van der Waals surface area contributed by atoms with Crippen LogP contribution >= 0.6 is 0 Å². The predicted octanol–water partition coefficient (Wildman–Crippen LogP) is -0.338. The molecule has 3 heterocycles. The normalized spacial score (nSPS) is 21.2. The summed E-state index contributed by atoms with van der Waals surface area (Å²) in [7, 11) is 1.51. The third kappa shape index (κ3) is 3.53. The highest BCUT2D eigenvalue weighted by Crippen LogP contribution is 2.24. The molecule has 0 spiro atoms. The van der Waals surface area contributed by atoms with E-state index in [1.165, 1.54) is 7.11 Å². The number of nitrogens with zero attached hydrogens (tertiary/aromatic N) is 4. The van der Waals surface area contributed by atoms with Crippen molar-refractivity contribution in [3.63, 3.8) is 0 Å². The molecule has 0 aromatic carbocycles. The van der Waals surface area contributed by atoms with Gasteiger partial charge in [-0.25, -0.2) is 0 Å². The van der Waals surface area contributed by atoms with Gasteiger partial charge in [-0.2, -0.15) is 5.10 Å². The minimum absolute atomic E-state index is 0.0538. The maximum atomic E-state index is 12.5. The third-order valence-corrected chi connectivity index (χ3v) is 4.28. The van der Waals surface area contributed by atoms with Crippen molar-refractivity contribution in [2.75, 3.05) is 46.6 Å². The highest BCUT2D eigenvalue weighted by atomic mass is 16.5. The topological polar surface area (TPSA) is 76.9 Å². The monoisotopic (exact) mass is 322 g/mol. The maximum Gasteiger partial charge on any atom is 0.248 e. The molecule has 2 amide bonds. The van der Waals surface area contributed by atoms with Crippen molar-refractivity contribution in [2.24, 2.45) is 0 Å². The van der Waals surface area contributed by atoms with E-state index in [1.807, 2.05) is 15.6 Å². The highest BCUT2D eigenvalue weighted by molar-refractivity contribution is 5.78. The average molecular weight is 322 g/mol. The standard InChI is InChI=1S/C15H22N4O4/c1-22-11-15(21)18-9-12-2-3-16-19(12)13(10-18)8-14(20)17-4-6-23-7-5-17/h2-3,13H,4-11H2,1H3/t13-/m0/s1. The van der Waals surface area contributed by atoms with E-state index in [1.54, 1.807) is 11.1 Å². The smallest absolute Gasteiger partial charge is 0.248 e. The second kappa shape index (κ2) is 7.10. The number of amides is 2. The highest BCUT2D eigenvalue weighted by Gasteiger charge is 2.31. The molecule has 2 aliphatic heterocycles. The fraction of sp³-hybridized carbons (Fsp3) is 0.667. The van der Waals surface area contributed by atoms with Gasteiger partial charge in [-0.3, -0.25) is 14.3 Å². The second-order valence-electron chi connectivity index (χ2n) is 5.83. The van der Waals surface area contributed by atoms with E-state index in [4.69, 9.17) is 9.47 Å². The van der Waals surface area contributed by atoms with Crippen LogP contribution in [0, 0.1) is 0 Å². The van der Waals surface area contributed by atoms with Crippen LogP contribution in [-0.2, 0) is 25.6 Å². The zero-order valence-corrected chi connectivity index (χ0v) is 13.3. The van der Waals surface area contributed by atoms with Gasteiger partial charge in [0.25, 0.3) is 0 Å². The van der Waals surface area contributed by atoms with Crippen molar-refractivity contribution >= 4 is 11.8 Å². The van der Waals surface area contributed by atoms with Gasteiger partial charge >= 0.3 is 0 Å². The summed E-state index contributed by atoms with van der Waals surface area (Å²) in [6.07, 6.45) is 2.05. The van der Waals surface area contributed by atoms with Crippen LogP contribution in [0.1, 0.15) is 18.2 Å². The summed E-state index contributed by atoms with van der Waals surface area (Å²) in [5, 5.41) is 4.33. The Bertz CT molecular complexity index is 568. The predicted molar refractivity (Wildman–Crippen MR) is 80.6 cm³/mol. The van der Waals surface area contributed by atoms with Crippen molar-refractivity contribution in [3.05, 3.63) is 18.0 Å². The molecule has 3 rings (SSSR count). The molecule has 0 aliphatic carbocycles. The van der Waals surface area contributed by atoms with Crippen molar-refractivity contribution in [1.82, 2.24) is 19.6 Å². The van der Waals surface area contributed by atoms with E-state index >= 15 is 0 Å². The molecule has 126 valence electrons. The van der Waals surface area contributed by atoms with Crippen molar-refractivity contribution in [1.29, 1.82) is 0 Å². The van der Waals surface area contributed by atoms with Gasteiger partial charge in [0.05, 0.1) is 37.9 Å². The molecule has 8 nitrogen and oxygen atoms in total. The van der Waals surface area contributed by atoms with Gasteiger partial charge in [0.1, 0.15) is 6.61 Å². The molecule has 23 heavy (non-hydrogen) atoms. The number of fused-ring (bicyclic) bond motifs is 1. The minimum Gasteiger partial charge on any atom is -0.378 e. The number of ether oxygens (including phenoxy) is 2. The molecular weight excluding hydrogens is 300 g/mol. The molecule has 0 unspecified atom stereocenters. The Morgan fingerprint density at radius 1 is 1.30 bits per heavy atom. The second-order valence-corrected chi connectivity index (χ2v) is 5.83. The van der Waals surface area contributed by atoms with Gasteiger partial charge in [-0.05, 0) is 6.07 Å². The molecule has 1 fully saturated rings. The molecule has 1 saturated heterocycles.